The van der Waals surface area contributed by atoms with Crippen molar-refractivity contribution in [2.45, 2.75) is 0 Å². The molecule has 2 N–H and O–H groups in total. The van der Waals surface area contributed by atoms with Gasteiger partial charge >= 0.3 is 10.4 Å². The topological polar surface area (TPSA) is 99.3 Å². The maximum Gasteiger partial charge on any atom is 0.394 e. The standard InChI is InChI=1S/C4H4N2.H2O4S/c1-4-5-2-3-6-4;1-5(2,3)4/h2-3H,1H2;(H2,1,2,3,4). The van der Waals surface area contributed by atoms with Crippen LogP contribution in [0.2, 0.25) is 0 Å². The van der Waals surface area contributed by atoms with E-state index < -0.39 is 10.4 Å². The minimum absolute atomic E-state index is 0.593. The van der Waals surface area contributed by atoms with E-state index in [1.54, 1.807) is 12.4 Å². The summed E-state index contributed by atoms with van der Waals surface area (Å²) in [6.07, 6.45) is 3.23. The minimum atomic E-state index is -4.67. The summed E-state index contributed by atoms with van der Waals surface area (Å²) in [4.78, 5) is 7.39. The highest BCUT2D eigenvalue weighted by molar-refractivity contribution is 7.79. The maximum atomic E-state index is 8.74. The molecular weight excluding hydrogens is 172 g/mol. The number of rotatable bonds is 0. The van der Waals surface area contributed by atoms with Crippen molar-refractivity contribution in [2.24, 2.45) is 9.98 Å². The predicted molar refractivity (Wildman–Crippen MR) is 40.3 cm³/mol. The van der Waals surface area contributed by atoms with Crippen molar-refractivity contribution in [1.29, 1.82) is 0 Å². The average molecular weight is 178 g/mol. The number of nitrogens with zero attached hydrogens (tertiary/aromatic N) is 2. The van der Waals surface area contributed by atoms with Gasteiger partial charge in [0.25, 0.3) is 0 Å². The quantitative estimate of drug-likeness (QED) is 0.508. The molecule has 0 saturated heterocycles. The maximum absolute atomic E-state index is 8.74. The molecule has 0 spiro atoms. The molecule has 1 rings (SSSR count). The molecule has 0 fully saturated rings. The zero-order valence-corrected chi connectivity index (χ0v) is 6.19. The Hall–Kier alpha value is -1.05. The van der Waals surface area contributed by atoms with Gasteiger partial charge in [0.1, 0.15) is 5.82 Å². The molecule has 0 amide bonds. The second-order valence-corrected chi connectivity index (χ2v) is 2.32. The average Bonchev–Trinajstić information content (AvgIpc) is 2.12. The molecule has 0 saturated carbocycles. The van der Waals surface area contributed by atoms with E-state index in [2.05, 4.69) is 16.6 Å². The van der Waals surface area contributed by atoms with Crippen LogP contribution in [0, 0.1) is 0 Å². The molecule has 62 valence electrons. The second-order valence-electron chi connectivity index (χ2n) is 1.42. The van der Waals surface area contributed by atoms with Crippen LogP contribution in [0.1, 0.15) is 0 Å². The molecule has 0 aromatic heterocycles. The summed E-state index contributed by atoms with van der Waals surface area (Å²) < 4.78 is 31.6. The van der Waals surface area contributed by atoms with Crippen molar-refractivity contribution < 1.29 is 17.5 Å². The van der Waals surface area contributed by atoms with Gasteiger partial charge in [0.15, 0.2) is 0 Å². The Morgan fingerprint density at radius 3 is 1.64 bits per heavy atom. The van der Waals surface area contributed by atoms with Crippen LogP contribution < -0.4 is 0 Å². The molecule has 6 nitrogen and oxygen atoms in total. The number of aliphatic imine (C=N–C) groups is 2. The fraction of sp³-hybridized carbons (Fsp3) is 0. The van der Waals surface area contributed by atoms with E-state index in [0.717, 1.165) is 0 Å². The third-order valence-electron chi connectivity index (χ3n) is 0.514. The van der Waals surface area contributed by atoms with E-state index in [1.165, 1.54) is 0 Å². The van der Waals surface area contributed by atoms with E-state index in [0.29, 0.717) is 5.82 Å². The summed E-state index contributed by atoms with van der Waals surface area (Å²) >= 11 is 0. The van der Waals surface area contributed by atoms with Crippen LogP contribution in [0.25, 0.3) is 0 Å². The SMILES string of the molecule is C=C1N=CC=N1.O=S(=O)(O)O. The Bertz CT molecular complexity index is 267. The van der Waals surface area contributed by atoms with Crippen molar-refractivity contribution in [3.8, 4) is 0 Å². The van der Waals surface area contributed by atoms with Crippen molar-refractivity contribution in [3.05, 3.63) is 12.4 Å². The van der Waals surface area contributed by atoms with Gasteiger partial charge in [0, 0.05) is 12.4 Å². The molecule has 1 heterocycles. The van der Waals surface area contributed by atoms with Gasteiger partial charge in [-0.2, -0.15) is 8.42 Å². The first kappa shape index (κ1) is 9.95. The van der Waals surface area contributed by atoms with Crippen LogP contribution in [0.3, 0.4) is 0 Å². The van der Waals surface area contributed by atoms with Crippen LogP contribution in [-0.4, -0.2) is 30.0 Å². The Morgan fingerprint density at radius 2 is 1.55 bits per heavy atom. The van der Waals surface area contributed by atoms with Gasteiger partial charge < -0.3 is 0 Å². The molecule has 0 unspecified atom stereocenters. The molecule has 1 aliphatic heterocycles. The fourth-order valence-electron chi connectivity index (χ4n) is 0.272. The molecule has 0 aliphatic carbocycles. The lowest BCUT2D eigenvalue weighted by Gasteiger charge is -1.71. The third-order valence-corrected chi connectivity index (χ3v) is 0.514. The minimum Gasteiger partial charge on any atom is -0.264 e. The molecule has 0 aromatic rings. The van der Waals surface area contributed by atoms with Crippen LogP contribution in [0.4, 0.5) is 0 Å². The second kappa shape index (κ2) is 3.96. The van der Waals surface area contributed by atoms with Gasteiger partial charge in [-0.05, 0) is 0 Å². The molecule has 11 heavy (non-hydrogen) atoms. The van der Waals surface area contributed by atoms with Gasteiger partial charge in [-0.25, -0.2) is 9.98 Å². The first-order valence-electron chi connectivity index (χ1n) is 2.35. The highest BCUT2D eigenvalue weighted by Gasteiger charge is 1.84. The summed E-state index contributed by atoms with van der Waals surface area (Å²) in [7, 11) is -4.67. The van der Waals surface area contributed by atoms with Crippen molar-refractivity contribution in [1.82, 2.24) is 0 Å². The normalized spacial score (nSPS) is 14.5. The van der Waals surface area contributed by atoms with E-state index in [9.17, 15) is 0 Å². The highest BCUT2D eigenvalue weighted by Crippen LogP contribution is 1.94. The zero-order chi connectivity index (χ0) is 8.91. The largest absolute Gasteiger partial charge is 0.394 e. The number of hydrogen-bond acceptors (Lipinski definition) is 4. The van der Waals surface area contributed by atoms with Gasteiger partial charge in [0.2, 0.25) is 0 Å². The molecule has 0 bridgehead atoms. The summed E-state index contributed by atoms with van der Waals surface area (Å²) in [6, 6.07) is 0. The molecule has 0 radical (unpaired) electrons. The highest BCUT2D eigenvalue weighted by atomic mass is 32.3. The Balaban J connectivity index is 0.000000187. The fourth-order valence-corrected chi connectivity index (χ4v) is 0.272. The third kappa shape index (κ3) is 12.2. The van der Waals surface area contributed by atoms with E-state index in [1.807, 2.05) is 0 Å². The van der Waals surface area contributed by atoms with Crippen LogP contribution >= 0.6 is 0 Å². The first-order chi connectivity index (χ1) is 4.89. The molecule has 0 aromatic carbocycles. The van der Waals surface area contributed by atoms with Crippen LogP contribution in [-0.2, 0) is 10.4 Å². The Labute approximate surface area is 63.6 Å². The zero-order valence-electron chi connectivity index (χ0n) is 5.38. The van der Waals surface area contributed by atoms with Crippen molar-refractivity contribution >= 4 is 22.8 Å². The molecular formula is C4H6N2O4S. The van der Waals surface area contributed by atoms with Gasteiger partial charge in [0.05, 0.1) is 0 Å². The lowest BCUT2D eigenvalue weighted by molar-refractivity contribution is 0.381. The van der Waals surface area contributed by atoms with Gasteiger partial charge in [-0.15, -0.1) is 0 Å². The summed E-state index contributed by atoms with van der Waals surface area (Å²) in [5.74, 6) is 0.593. The summed E-state index contributed by atoms with van der Waals surface area (Å²) in [6.45, 7) is 3.46. The van der Waals surface area contributed by atoms with Crippen molar-refractivity contribution in [3.63, 3.8) is 0 Å². The summed E-state index contributed by atoms with van der Waals surface area (Å²) in [5.41, 5.74) is 0. The lowest BCUT2D eigenvalue weighted by Crippen LogP contribution is -1.89. The molecule has 1 aliphatic rings. The monoisotopic (exact) mass is 178 g/mol. The summed E-state index contributed by atoms with van der Waals surface area (Å²) in [5, 5.41) is 0. The Morgan fingerprint density at radius 1 is 1.27 bits per heavy atom. The van der Waals surface area contributed by atoms with E-state index in [4.69, 9.17) is 17.5 Å². The molecule has 7 heteroatoms. The van der Waals surface area contributed by atoms with Gasteiger partial charge in [-0.1, -0.05) is 6.58 Å². The predicted octanol–water partition coefficient (Wildman–Crippen LogP) is -0.0400. The van der Waals surface area contributed by atoms with Crippen LogP contribution in [0.15, 0.2) is 22.4 Å². The number of hydrogen-bond donors (Lipinski definition) is 2. The lowest BCUT2D eigenvalue weighted by atomic mass is 10.9. The van der Waals surface area contributed by atoms with E-state index in [-0.39, 0.29) is 0 Å². The smallest absolute Gasteiger partial charge is 0.264 e. The Kier molecular flexibility index (Phi) is 3.58. The van der Waals surface area contributed by atoms with Gasteiger partial charge in [-0.3, -0.25) is 9.11 Å². The van der Waals surface area contributed by atoms with Crippen LogP contribution in [0.5, 0.6) is 0 Å². The van der Waals surface area contributed by atoms with Crippen molar-refractivity contribution in [2.75, 3.05) is 0 Å². The molecule has 0 atom stereocenters. The van der Waals surface area contributed by atoms with E-state index >= 15 is 0 Å². The first-order valence-corrected chi connectivity index (χ1v) is 3.75.